The second kappa shape index (κ2) is 8.48. The maximum Gasteiger partial charge on any atom is 0.162 e. The Balaban J connectivity index is 1.72. The summed E-state index contributed by atoms with van der Waals surface area (Å²) in [7, 11) is 1.61. The quantitative estimate of drug-likeness (QED) is 0.543. The molecule has 0 saturated heterocycles. The van der Waals surface area contributed by atoms with Crippen molar-refractivity contribution in [3.63, 3.8) is 0 Å². The normalized spacial score (nSPS) is 23.5. The predicted octanol–water partition coefficient (Wildman–Crippen LogP) is 5.46. The lowest BCUT2D eigenvalue weighted by atomic mass is 9.75. The number of methoxy groups -OCH3 is 1. The third-order valence-electron chi connectivity index (χ3n) is 6.16. The van der Waals surface area contributed by atoms with E-state index in [9.17, 15) is 4.39 Å². The third-order valence-corrected chi connectivity index (χ3v) is 6.45. The van der Waals surface area contributed by atoms with Crippen molar-refractivity contribution in [2.24, 2.45) is 11.7 Å². The summed E-state index contributed by atoms with van der Waals surface area (Å²) in [5.41, 5.74) is 7.10. The van der Waals surface area contributed by atoms with E-state index < -0.39 is 5.82 Å². The maximum atomic E-state index is 13.5. The van der Waals surface area contributed by atoms with Gasteiger partial charge in [-0.3, -0.25) is 0 Å². The maximum absolute atomic E-state index is 13.5. The Morgan fingerprint density at radius 1 is 1.23 bits per heavy atom. The van der Waals surface area contributed by atoms with Crippen LogP contribution in [-0.2, 0) is 0 Å². The zero-order valence-electron chi connectivity index (χ0n) is 17.8. The topological polar surface area (TPSA) is 82.3 Å². The Labute approximate surface area is 185 Å². The summed E-state index contributed by atoms with van der Waals surface area (Å²) >= 11 is 5.92. The first-order valence-corrected chi connectivity index (χ1v) is 10.7. The molecule has 1 aliphatic carbocycles. The smallest absolute Gasteiger partial charge is 0.162 e. The Morgan fingerprint density at radius 2 is 2.03 bits per heavy atom. The van der Waals surface area contributed by atoms with Crippen molar-refractivity contribution in [3.8, 4) is 11.5 Å². The highest BCUT2D eigenvalue weighted by Crippen LogP contribution is 2.42. The molecule has 3 unspecified atom stereocenters. The van der Waals surface area contributed by atoms with Gasteiger partial charge in [0, 0.05) is 23.2 Å². The molecule has 3 N–H and O–H groups in total. The molecule has 2 aromatic carbocycles. The Hall–Kier alpha value is -2.64. The van der Waals surface area contributed by atoms with Crippen LogP contribution in [0.4, 0.5) is 15.9 Å². The number of nitrogens with two attached hydrogens (primary N) is 1. The molecule has 3 atom stereocenters. The van der Waals surface area contributed by atoms with Gasteiger partial charge in [0.2, 0.25) is 0 Å². The van der Waals surface area contributed by atoms with Crippen molar-refractivity contribution in [3.05, 3.63) is 47.5 Å². The molecule has 0 spiro atoms. The molecule has 4 rings (SSSR count). The van der Waals surface area contributed by atoms with E-state index in [-0.39, 0.29) is 16.7 Å². The van der Waals surface area contributed by atoms with Crippen molar-refractivity contribution in [1.82, 2.24) is 9.97 Å². The standard InChI is InChI=1S/C23H26ClFN4O2/c1-13-8-14(26)6-7-23(13,2)31-21-10-16-19(11-20(21)30-3)27-12-28-22(16)29-15-4-5-18(25)17(24)9-15/h4-5,9-14H,6-8,26H2,1-3H3,(H,27,28,29). The molecule has 1 aliphatic rings. The Bertz CT molecular complexity index is 1110. The van der Waals surface area contributed by atoms with Gasteiger partial charge in [0.25, 0.3) is 0 Å². The first kappa shape index (κ1) is 21.6. The predicted molar refractivity (Wildman–Crippen MR) is 121 cm³/mol. The highest BCUT2D eigenvalue weighted by atomic mass is 35.5. The minimum atomic E-state index is -0.477. The Kier molecular flexibility index (Phi) is 5.90. The summed E-state index contributed by atoms with van der Waals surface area (Å²) in [5.74, 6) is 1.60. The highest BCUT2D eigenvalue weighted by molar-refractivity contribution is 6.31. The summed E-state index contributed by atoms with van der Waals surface area (Å²) < 4.78 is 25.7. The highest BCUT2D eigenvalue weighted by Gasteiger charge is 2.39. The van der Waals surface area contributed by atoms with Crippen molar-refractivity contribution in [2.45, 2.75) is 44.8 Å². The van der Waals surface area contributed by atoms with Crippen molar-refractivity contribution >= 4 is 34.0 Å². The lowest BCUT2D eigenvalue weighted by molar-refractivity contribution is -0.00637. The van der Waals surface area contributed by atoms with Gasteiger partial charge in [0.05, 0.1) is 17.6 Å². The third kappa shape index (κ3) is 4.38. The van der Waals surface area contributed by atoms with Gasteiger partial charge in [-0.05, 0) is 56.4 Å². The summed E-state index contributed by atoms with van der Waals surface area (Å²) in [5, 5.41) is 3.98. The average Bonchev–Trinajstić information content (AvgIpc) is 2.74. The second-order valence-corrected chi connectivity index (χ2v) is 8.75. The number of nitrogens with one attached hydrogen (secondary N) is 1. The summed E-state index contributed by atoms with van der Waals surface area (Å²) in [4.78, 5) is 8.73. The monoisotopic (exact) mass is 444 g/mol. The van der Waals surface area contributed by atoms with Gasteiger partial charge in [-0.25, -0.2) is 14.4 Å². The number of hydrogen-bond acceptors (Lipinski definition) is 6. The number of nitrogens with zero attached hydrogens (tertiary/aromatic N) is 2. The number of benzene rings is 2. The molecule has 1 heterocycles. The molecular formula is C23H26ClFN4O2. The molecule has 3 aromatic rings. The fourth-order valence-corrected chi connectivity index (χ4v) is 4.24. The SMILES string of the molecule is COc1cc2ncnc(Nc3ccc(F)c(Cl)c3)c2cc1OC1(C)CCC(N)CC1C. The van der Waals surface area contributed by atoms with E-state index in [0.717, 1.165) is 24.6 Å². The molecule has 1 saturated carbocycles. The number of aromatic nitrogens is 2. The largest absolute Gasteiger partial charge is 0.493 e. The van der Waals surface area contributed by atoms with E-state index in [1.54, 1.807) is 13.2 Å². The minimum absolute atomic E-state index is 0.0338. The van der Waals surface area contributed by atoms with Crippen LogP contribution < -0.4 is 20.5 Å². The molecule has 164 valence electrons. The zero-order chi connectivity index (χ0) is 22.2. The molecule has 1 fully saturated rings. The van der Waals surface area contributed by atoms with Crippen LogP contribution in [0.25, 0.3) is 10.9 Å². The number of anilines is 2. The number of fused-ring (bicyclic) bond motifs is 1. The van der Waals surface area contributed by atoms with E-state index in [1.165, 1.54) is 18.5 Å². The van der Waals surface area contributed by atoms with Crippen LogP contribution in [0.1, 0.15) is 33.1 Å². The van der Waals surface area contributed by atoms with Crippen LogP contribution in [0.2, 0.25) is 5.02 Å². The van der Waals surface area contributed by atoms with Gasteiger partial charge in [-0.15, -0.1) is 0 Å². The first-order valence-electron chi connectivity index (χ1n) is 10.3. The molecule has 1 aromatic heterocycles. The van der Waals surface area contributed by atoms with Gasteiger partial charge in [-0.1, -0.05) is 18.5 Å². The first-order chi connectivity index (χ1) is 14.8. The van der Waals surface area contributed by atoms with Gasteiger partial charge in [0.15, 0.2) is 11.5 Å². The number of halogens is 2. The van der Waals surface area contributed by atoms with E-state index in [4.69, 9.17) is 26.8 Å². The minimum Gasteiger partial charge on any atom is -0.493 e. The molecular weight excluding hydrogens is 419 g/mol. The van der Waals surface area contributed by atoms with Gasteiger partial charge >= 0.3 is 0 Å². The average molecular weight is 445 g/mol. The van der Waals surface area contributed by atoms with Gasteiger partial charge < -0.3 is 20.5 Å². The van der Waals surface area contributed by atoms with Crippen LogP contribution in [0.15, 0.2) is 36.7 Å². The number of hydrogen-bond donors (Lipinski definition) is 2. The van der Waals surface area contributed by atoms with Crippen molar-refractivity contribution in [2.75, 3.05) is 12.4 Å². The zero-order valence-corrected chi connectivity index (χ0v) is 18.5. The van der Waals surface area contributed by atoms with E-state index in [1.807, 2.05) is 12.1 Å². The van der Waals surface area contributed by atoms with Crippen LogP contribution in [0, 0.1) is 11.7 Å². The van der Waals surface area contributed by atoms with Crippen molar-refractivity contribution < 1.29 is 13.9 Å². The van der Waals surface area contributed by atoms with Crippen LogP contribution >= 0.6 is 11.6 Å². The van der Waals surface area contributed by atoms with Crippen LogP contribution in [-0.4, -0.2) is 28.7 Å². The number of ether oxygens (including phenoxy) is 2. The molecule has 8 heteroatoms. The van der Waals surface area contributed by atoms with E-state index in [2.05, 4.69) is 29.1 Å². The summed E-state index contributed by atoms with van der Waals surface area (Å²) in [6.07, 6.45) is 4.15. The summed E-state index contributed by atoms with van der Waals surface area (Å²) in [6.45, 7) is 4.29. The molecule has 0 amide bonds. The molecule has 0 radical (unpaired) electrons. The lowest BCUT2D eigenvalue weighted by Gasteiger charge is -2.42. The van der Waals surface area contributed by atoms with E-state index in [0.29, 0.717) is 34.4 Å². The fourth-order valence-electron chi connectivity index (χ4n) is 4.06. The molecule has 0 bridgehead atoms. The fraction of sp³-hybridized carbons (Fsp3) is 0.391. The second-order valence-electron chi connectivity index (χ2n) is 8.35. The van der Waals surface area contributed by atoms with Crippen LogP contribution in [0.5, 0.6) is 11.5 Å². The van der Waals surface area contributed by atoms with Gasteiger partial charge in [-0.2, -0.15) is 0 Å². The lowest BCUT2D eigenvalue weighted by Crippen LogP contribution is -2.47. The van der Waals surface area contributed by atoms with Gasteiger partial charge in [0.1, 0.15) is 23.6 Å². The molecule has 0 aliphatic heterocycles. The molecule has 6 nitrogen and oxygen atoms in total. The number of rotatable bonds is 5. The van der Waals surface area contributed by atoms with Crippen LogP contribution in [0.3, 0.4) is 0 Å². The van der Waals surface area contributed by atoms with Crippen molar-refractivity contribution in [1.29, 1.82) is 0 Å². The Morgan fingerprint density at radius 3 is 2.74 bits per heavy atom. The van der Waals surface area contributed by atoms with E-state index >= 15 is 0 Å². The summed E-state index contributed by atoms with van der Waals surface area (Å²) in [6, 6.07) is 8.34. The molecule has 31 heavy (non-hydrogen) atoms.